The van der Waals surface area contributed by atoms with Gasteiger partial charge in [-0.25, -0.2) is 9.37 Å². The maximum absolute atomic E-state index is 13.1. The highest BCUT2D eigenvalue weighted by molar-refractivity contribution is 5.92. The average molecular weight is 355 g/mol. The molecule has 3 aromatic rings. The van der Waals surface area contributed by atoms with Crippen molar-refractivity contribution < 1.29 is 18.3 Å². The number of nitrogens with zero attached hydrogens (tertiary/aromatic N) is 2. The molecule has 0 bridgehead atoms. The standard InChI is InChI=1S/C19H18FN3O3/c1-12-5-4-8-21-18(12)13(2)22-19(24)16-10-26-17(23-16)11-25-15-7-3-6-14(20)9-15/h3-10,13H,11H2,1-2H3,(H,22,24). The second-order valence-electron chi connectivity index (χ2n) is 5.77. The largest absolute Gasteiger partial charge is 0.484 e. The summed E-state index contributed by atoms with van der Waals surface area (Å²) in [6, 6.07) is 9.25. The fourth-order valence-electron chi connectivity index (χ4n) is 2.47. The maximum Gasteiger partial charge on any atom is 0.273 e. The van der Waals surface area contributed by atoms with Crippen molar-refractivity contribution in [3.05, 3.63) is 77.5 Å². The second-order valence-corrected chi connectivity index (χ2v) is 5.77. The highest BCUT2D eigenvalue weighted by Crippen LogP contribution is 2.16. The van der Waals surface area contributed by atoms with E-state index in [-0.39, 0.29) is 30.1 Å². The summed E-state index contributed by atoms with van der Waals surface area (Å²) in [5.74, 6) is -0.188. The van der Waals surface area contributed by atoms with Gasteiger partial charge in [0.25, 0.3) is 5.91 Å². The van der Waals surface area contributed by atoms with Crippen molar-refractivity contribution in [2.75, 3.05) is 0 Å². The number of hydrogen-bond donors (Lipinski definition) is 1. The van der Waals surface area contributed by atoms with Crippen molar-refractivity contribution in [2.45, 2.75) is 26.5 Å². The van der Waals surface area contributed by atoms with Crippen molar-refractivity contribution in [2.24, 2.45) is 0 Å². The molecule has 0 aliphatic rings. The maximum atomic E-state index is 13.1. The van der Waals surface area contributed by atoms with E-state index in [1.54, 1.807) is 18.3 Å². The summed E-state index contributed by atoms with van der Waals surface area (Å²) < 4.78 is 23.8. The third-order valence-electron chi connectivity index (χ3n) is 3.75. The molecule has 26 heavy (non-hydrogen) atoms. The van der Waals surface area contributed by atoms with E-state index in [0.29, 0.717) is 5.75 Å². The van der Waals surface area contributed by atoms with Gasteiger partial charge in [0.05, 0.1) is 11.7 Å². The molecule has 0 aliphatic heterocycles. The van der Waals surface area contributed by atoms with E-state index >= 15 is 0 Å². The van der Waals surface area contributed by atoms with Crippen LogP contribution in [0, 0.1) is 12.7 Å². The number of aromatic nitrogens is 2. The van der Waals surface area contributed by atoms with Gasteiger partial charge in [0.15, 0.2) is 12.3 Å². The molecular formula is C19H18FN3O3. The van der Waals surface area contributed by atoms with Crippen molar-refractivity contribution in [3.8, 4) is 5.75 Å². The lowest BCUT2D eigenvalue weighted by atomic mass is 10.1. The molecule has 1 amide bonds. The number of ether oxygens (including phenoxy) is 1. The smallest absolute Gasteiger partial charge is 0.273 e. The number of hydrogen-bond acceptors (Lipinski definition) is 5. The fourth-order valence-corrected chi connectivity index (χ4v) is 2.47. The second kappa shape index (κ2) is 7.77. The monoisotopic (exact) mass is 355 g/mol. The van der Waals surface area contributed by atoms with E-state index in [1.807, 2.05) is 26.0 Å². The molecule has 0 saturated carbocycles. The van der Waals surface area contributed by atoms with Gasteiger partial charge >= 0.3 is 0 Å². The van der Waals surface area contributed by atoms with E-state index in [2.05, 4.69) is 15.3 Å². The highest BCUT2D eigenvalue weighted by Gasteiger charge is 2.17. The van der Waals surface area contributed by atoms with Gasteiger partial charge in [-0.1, -0.05) is 12.1 Å². The van der Waals surface area contributed by atoms with Crippen LogP contribution in [0.25, 0.3) is 0 Å². The molecule has 3 rings (SSSR count). The lowest BCUT2D eigenvalue weighted by Crippen LogP contribution is -2.28. The molecule has 1 N–H and O–H groups in total. The molecule has 0 fully saturated rings. The molecule has 2 heterocycles. The Morgan fingerprint density at radius 1 is 1.35 bits per heavy atom. The first-order valence-electron chi connectivity index (χ1n) is 8.08. The van der Waals surface area contributed by atoms with Crippen molar-refractivity contribution in [1.82, 2.24) is 15.3 Å². The molecule has 1 atom stereocenters. The average Bonchev–Trinajstić information content (AvgIpc) is 3.09. The number of halogens is 1. The molecule has 1 unspecified atom stereocenters. The summed E-state index contributed by atoms with van der Waals surface area (Å²) in [4.78, 5) is 20.7. The Labute approximate surface area is 150 Å². The Hall–Kier alpha value is -3.22. The number of oxazole rings is 1. The number of benzene rings is 1. The highest BCUT2D eigenvalue weighted by atomic mass is 19.1. The van der Waals surface area contributed by atoms with Gasteiger partial charge < -0.3 is 14.5 Å². The summed E-state index contributed by atoms with van der Waals surface area (Å²) in [6.45, 7) is 3.77. The third-order valence-corrected chi connectivity index (χ3v) is 3.75. The molecule has 0 saturated heterocycles. The minimum atomic E-state index is -0.395. The first-order valence-corrected chi connectivity index (χ1v) is 8.08. The quantitative estimate of drug-likeness (QED) is 0.731. The summed E-state index contributed by atoms with van der Waals surface area (Å²) in [7, 11) is 0. The Balaban J connectivity index is 1.60. The number of nitrogens with one attached hydrogen (secondary N) is 1. The normalized spacial score (nSPS) is 11.8. The van der Waals surface area contributed by atoms with Crippen LogP contribution in [0.5, 0.6) is 5.75 Å². The number of aryl methyl sites for hydroxylation is 1. The summed E-state index contributed by atoms with van der Waals surface area (Å²) in [6.07, 6.45) is 2.94. The molecule has 1 aromatic carbocycles. The molecule has 0 radical (unpaired) electrons. The van der Waals surface area contributed by atoms with Crippen LogP contribution in [0.1, 0.15) is 40.6 Å². The minimum absolute atomic E-state index is 0.00830. The van der Waals surface area contributed by atoms with Crippen molar-refractivity contribution in [1.29, 1.82) is 0 Å². The van der Waals surface area contributed by atoms with E-state index in [4.69, 9.17) is 9.15 Å². The van der Waals surface area contributed by atoms with Crippen molar-refractivity contribution in [3.63, 3.8) is 0 Å². The first kappa shape index (κ1) is 17.6. The summed E-state index contributed by atoms with van der Waals surface area (Å²) >= 11 is 0. The minimum Gasteiger partial charge on any atom is -0.484 e. The number of amides is 1. The Kier molecular flexibility index (Phi) is 5.26. The van der Waals surface area contributed by atoms with E-state index in [9.17, 15) is 9.18 Å². The Morgan fingerprint density at radius 2 is 2.19 bits per heavy atom. The van der Waals surface area contributed by atoms with Crippen LogP contribution in [0.3, 0.4) is 0 Å². The van der Waals surface area contributed by atoms with E-state index in [1.165, 1.54) is 18.4 Å². The zero-order valence-corrected chi connectivity index (χ0v) is 14.4. The molecule has 134 valence electrons. The van der Waals surface area contributed by atoms with Gasteiger partial charge in [0, 0.05) is 12.3 Å². The van der Waals surface area contributed by atoms with E-state index < -0.39 is 5.82 Å². The van der Waals surface area contributed by atoms with Crippen LogP contribution in [-0.2, 0) is 6.61 Å². The molecule has 7 heteroatoms. The Morgan fingerprint density at radius 3 is 2.96 bits per heavy atom. The van der Waals surface area contributed by atoms with Gasteiger partial charge in [0.1, 0.15) is 17.8 Å². The number of pyridine rings is 1. The van der Waals surface area contributed by atoms with Gasteiger partial charge in [0.2, 0.25) is 5.89 Å². The van der Waals surface area contributed by atoms with Gasteiger partial charge in [-0.3, -0.25) is 9.78 Å². The lowest BCUT2D eigenvalue weighted by Gasteiger charge is -2.14. The van der Waals surface area contributed by atoms with Crippen molar-refractivity contribution >= 4 is 5.91 Å². The van der Waals surface area contributed by atoms with Crippen LogP contribution < -0.4 is 10.1 Å². The zero-order valence-electron chi connectivity index (χ0n) is 14.4. The Bertz CT molecular complexity index is 910. The van der Waals surface area contributed by atoms with Gasteiger partial charge in [-0.15, -0.1) is 0 Å². The number of carbonyl (C=O) groups is 1. The first-order chi connectivity index (χ1) is 12.5. The van der Waals surface area contributed by atoms with Gasteiger partial charge in [-0.2, -0.15) is 0 Å². The topological polar surface area (TPSA) is 77.2 Å². The van der Waals surface area contributed by atoms with Crippen LogP contribution >= 0.6 is 0 Å². The summed E-state index contributed by atoms with van der Waals surface area (Å²) in [5, 5.41) is 2.83. The predicted octanol–water partition coefficient (Wildman–Crippen LogP) is 3.59. The lowest BCUT2D eigenvalue weighted by molar-refractivity contribution is 0.0934. The number of carbonyl (C=O) groups excluding carboxylic acids is 1. The van der Waals surface area contributed by atoms with Gasteiger partial charge in [-0.05, 0) is 37.6 Å². The molecule has 0 spiro atoms. The van der Waals surface area contributed by atoms with E-state index in [0.717, 1.165) is 11.3 Å². The fraction of sp³-hybridized carbons (Fsp3) is 0.211. The van der Waals surface area contributed by atoms with Crippen LogP contribution in [0.15, 0.2) is 53.3 Å². The van der Waals surface area contributed by atoms with Crippen LogP contribution in [0.4, 0.5) is 4.39 Å². The number of rotatable bonds is 6. The summed E-state index contributed by atoms with van der Waals surface area (Å²) in [5.41, 5.74) is 1.92. The van der Waals surface area contributed by atoms with Crippen LogP contribution in [-0.4, -0.2) is 15.9 Å². The zero-order chi connectivity index (χ0) is 18.5. The SMILES string of the molecule is Cc1cccnc1C(C)NC(=O)c1coc(COc2cccc(F)c2)n1. The molecular weight excluding hydrogens is 337 g/mol. The molecule has 2 aromatic heterocycles. The molecule has 6 nitrogen and oxygen atoms in total. The third kappa shape index (κ3) is 4.24. The molecule has 0 aliphatic carbocycles. The predicted molar refractivity (Wildman–Crippen MR) is 92.1 cm³/mol. The van der Waals surface area contributed by atoms with Crippen LogP contribution in [0.2, 0.25) is 0 Å².